The van der Waals surface area contributed by atoms with Crippen LogP contribution in [0.15, 0.2) is 52.4 Å². The van der Waals surface area contributed by atoms with Crippen LogP contribution in [0.3, 0.4) is 0 Å². The molecule has 4 rings (SSSR count). The van der Waals surface area contributed by atoms with Gasteiger partial charge in [-0.3, -0.25) is 13.8 Å². The van der Waals surface area contributed by atoms with E-state index in [-0.39, 0.29) is 5.56 Å². The molecule has 2 heterocycles. The van der Waals surface area contributed by atoms with Gasteiger partial charge in [0.15, 0.2) is 5.16 Å². The van der Waals surface area contributed by atoms with E-state index in [4.69, 9.17) is 23.2 Å². The fraction of sp³-hybridized carbons (Fsp3) is 0.250. The van der Waals surface area contributed by atoms with Gasteiger partial charge in [0.05, 0.1) is 10.9 Å². The smallest absolute Gasteiger partial charge is 0.262 e. The third-order valence-corrected chi connectivity index (χ3v) is 5.85. The molecule has 28 heavy (non-hydrogen) atoms. The Morgan fingerprint density at radius 3 is 2.46 bits per heavy atom. The molecule has 0 aliphatic carbocycles. The highest BCUT2D eigenvalue weighted by atomic mass is 35.5. The minimum absolute atomic E-state index is 0.0969. The molecule has 4 aromatic rings. The molecular formula is C20H18Cl2N4OS. The Hall–Kier alpha value is -2.02. The largest absolute Gasteiger partial charge is 0.276 e. The second kappa shape index (κ2) is 7.78. The molecule has 144 valence electrons. The zero-order valence-corrected chi connectivity index (χ0v) is 17.7. The van der Waals surface area contributed by atoms with E-state index in [2.05, 4.69) is 24.0 Å². The first kappa shape index (κ1) is 19.3. The minimum Gasteiger partial charge on any atom is -0.276 e. The molecule has 0 aliphatic heterocycles. The van der Waals surface area contributed by atoms with Gasteiger partial charge < -0.3 is 0 Å². The first-order chi connectivity index (χ1) is 13.4. The Bertz CT molecular complexity index is 1220. The molecule has 2 aromatic heterocycles. The van der Waals surface area contributed by atoms with Gasteiger partial charge in [-0.15, -0.1) is 10.2 Å². The zero-order chi connectivity index (χ0) is 19.8. The van der Waals surface area contributed by atoms with Gasteiger partial charge in [-0.1, -0.05) is 60.9 Å². The normalized spacial score (nSPS) is 11.8. The monoisotopic (exact) mass is 432 g/mol. The number of benzene rings is 2. The van der Waals surface area contributed by atoms with E-state index in [9.17, 15) is 4.79 Å². The van der Waals surface area contributed by atoms with Gasteiger partial charge in [0.2, 0.25) is 5.78 Å². The van der Waals surface area contributed by atoms with E-state index >= 15 is 0 Å². The Balaban J connectivity index is 1.86. The number of rotatable bonds is 5. The van der Waals surface area contributed by atoms with Crippen molar-refractivity contribution in [2.45, 2.75) is 31.3 Å². The molecule has 0 unspecified atom stereocenters. The summed E-state index contributed by atoms with van der Waals surface area (Å²) in [7, 11) is 0. The summed E-state index contributed by atoms with van der Waals surface area (Å²) in [5.74, 6) is 1.56. The van der Waals surface area contributed by atoms with Gasteiger partial charge in [-0.2, -0.15) is 0 Å². The number of thioether (sulfide) groups is 1. The molecule has 2 aromatic carbocycles. The van der Waals surface area contributed by atoms with E-state index in [1.807, 2.05) is 34.7 Å². The van der Waals surface area contributed by atoms with Crippen molar-refractivity contribution in [1.29, 1.82) is 0 Å². The van der Waals surface area contributed by atoms with Crippen LogP contribution in [0.5, 0.6) is 0 Å². The maximum absolute atomic E-state index is 13.1. The highest BCUT2D eigenvalue weighted by molar-refractivity contribution is 7.98. The van der Waals surface area contributed by atoms with Crippen molar-refractivity contribution < 1.29 is 0 Å². The summed E-state index contributed by atoms with van der Waals surface area (Å²) in [6.45, 7) is 4.69. The highest BCUT2D eigenvalue weighted by Gasteiger charge is 2.18. The van der Waals surface area contributed by atoms with Crippen LogP contribution in [0.2, 0.25) is 10.0 Å². The lowest BCUT2D eigenvalue weighted by molar-refractivity contribution is 0.517. The number of nitrogens with zero attached hydrogens (tertiary/aromatic N) is 4. The number of aromatic nitrogens is 4. The Morgan fingerprint density at radius 1 is 1.04 bits per heavy atom. The molecule has 8 heteroatoms. The Morgan fingerprint density at radius 2 is 1.75 bits per heavy atom. The SMILES string of the molecule is CC(C)Cn1c(=O)c2cc(Cl)ccc2n2c(SCc3ccc(Cl)cc3)nnc12. The van der Waals surface area contributed by atoms with Gasteiger partial charge in [0.1, 0.15) is 0 Å². The van der Waals surface area contributed by atoms with Gasteiger partial charge in [-0.05, 0) is 41.8 Å². The second-order valence-corrected chi connectivity index (χ2v) is 8.82. The minimum atomic E-state index is -0.0969. The second-order valence-electron chi connectivity index (χ2n) is 7.00. The fourth-order valence-electron chi connectivity index (χ4n) is 3.11. The van der Waals surface area contributed by atoms with Crippen LogP contribution in [0.4, 0.5) is 0 Å². The van der Waals surface area contributed by atoms with E-state index in [1.165, 1.54) is 0 Å². The van der Waals surface area contributed by atoms with Crippen molar-refractivity contribution in [3.05, 3.63) is 68.4 Å². The summed E-state index contributed by atoms with van der Waals surface area (Å²) in [6, 6.07) is 13.1. The third-order valence-electron chi connectivity index (χ3n) is 4.36. The molecule has 0 atom stereocenters. The van der Waals surface area contributed by atoms with Crippen LogP contribution in [-0.2, 0) is 12.3 Å². The topological polar surface area (TPSA) is 52.2 Å². The molecule has 0 bridgehead atoms. The zero-order valence-electron chi connectivity index (χ0n) is 15.4. The van der Waals surface area contributed by atoms with Crippen LogP contribution >= 0.6 is 35.0 Å². The first-order valence-corrected chi connectivity index (χ1v) is 10.6. The number of fused-ring (bicyclic) bond motifs is 3. The number of hydrogen-bond acceptors (Lipinski definition) is 4. The molecular weight excluding hydrogens is 415 g/mol. The standard InChI is InChI=1S/C20H18Cl2N4OS/c1-12(2)10-25-18(27)16-9-15(22)7-8-17(16)26-19(25)23-24-20(26)28-11-13-3-5-14(21)6-4-13/h3-9,12H,10-11H2,1-2H3. The van der Waals surface area contributed by atoms with Crippen LogP contribution in [0.25, 0.3) is 16.7 Å². The van der Waals surface area contributed by atoms with Crippen molar-refractivity contribution in [2.75, 3.05) is 0 Å². The van der Waals surface area contributed by atoms with Crippen LogP contribution in [-0.4, -0.2) is 19.2 Å². The van der Waals surface area contributed by atoms with E-state index in [1.54, 1.807) is 28.5 Å². The molecule has 0 fully saturated rings. The van der Waals surface area contributed by atoms with Gasteiger partial charge in [0, 0.05) is 22.3 Å². The van der Waals surface area contributed by atoms with Crippen molar-refractivity contribution >= 4 is 51.6 Å². The molecule has 0 saturated carbocycles. The molecule has 0 aliphatic rings. The van der Waals surface area contributed by atoms with Crippen molar-refractivity contribution in [2.24, 2.45) is 5.92 Å². The maximum atomic E-state index is 13.1. The third kappa shape index (κ3) is 3.64. The van der Waals surface area contributed by atoms with E-state index in [0.29, 0.717) is 33.7 Å². The summed E-state index contributed by atoms with van der Waals surface area (Å²) in [4.78, 5) is 13.1. The lowest BCUT2D eigenvalue weighted by Gasteiger charge is -2.13. The van der Waals surface area contributed by atoms with Gasteiger partial charge >= 0.3 is 0 Å². The summed E-state index contributed by atoms with van der Waals surface area (Å²) >= 11 is 13.7. The van der Waals surface area contributed by atoms with Crippen LogP contribution in [0, 0.1) is 5.92 Å². The van der Waals surface area contributed by atoms with Crippen molar-refractivity contribution in [1.82, 2.24) is 19.2 Å². The predicted octanol–water partition coefficient (Wildman–Crippen LogP) is 5.30. The summed E-state index contributed by atoms with van der Waals surface area (Å²) in [6.07, 6.45) is 0. The summed E-state index contributed by atoms with van der Waals surface area (Å²) in [5, 5.41) is 11.2. The highest BCUT2D eigenvalue weighted by Crippen LogP contribution is 2.26. The van der Waals surface area contributed by atoms with Gasteiger partial charge in [-0.25, -0.2) is 0 Å². The molecule has 0 spiro atoms. The van der Waals surface area contributed by atoms with Crippen LogP contribution < -0.4 is 5.56 Å². The summed E-state index contributed by atoms with van der Waals surface area (Å²) < 4.78 is 3.62. The van der Waals surface area contributed by atoms with Crippen LogP contribution in [0.1, 0.15) is 19.4 Å². The Labute approximate surface area is 176 Å². The molecule has 0 amide bonds. The predicted molar refractivity (Wildman–Crippen MR) is 116 cm³/mol. The molecule has 0 radical (unpaired) electrons. The van der Waals surface area contributed by atoms with E-state index < -0.39 is 0 Å². The lowest BCUT2D eigenvalue weighted by Crippen LogP contribution is -2.25. The molecule has 0 N–H and O–H groups in total. The first-order valence-electron chi connectivity index (χ1n) is 8.88. The average molecular weight is 433 g/mol. The molecule has 5 nitrogen and oxygen atoms in total. The number of halogens is 2. The van der Waals surface area contributed by atoms with Crippen molar-refractivity contribution in [3.8, 4) is 0 Å². The van der Waals surface area contributed by atoms with E-state index in [0.717, 1.165) is 22.0 Å². The quantitative estimate of drug-likeness (QED) is 0.401. The number of hydrogen-bond donors (Lipinski definition) is 0. The maximum Gasteiger partial charge on any atom is 0.262 e. The lowest BCUT2D eigenvalue weighted by atomic mass is 10.2. The summed E-state index contributed by atoms with van der Waals surface area (Å²) in [5.41, 5.74) is 1.79. The average Bonchev–Trinajstić information content (AvgIpc) is 3.08. The van der Waals surface area contributed by atoms with Gasteiger partial charge in [0.25, 0.3) is 5.56 Å². The fourth-order valence-corrected chi connectivity index (χ4v) is 4.30. The molecule has 0 saturated heterocycles. The Kier molecular flexibility index (Phi) is 5.36. The van der Waals surface area contributed by atoms with Crippen molar-refractivity contribution in [3.63, 3.8) is 0 Å².